The van der Waals surface area contributed by atoms with E-state index in [0.29, 0.717) is 0 Å². The van der Waals surface area contributed by atoms with Gasteiger partial charge in [0.25, 0.3) is 0 Å². The average Bonchev–Trinajstić information content (AvgIpc) is 3.69. The van der Waals surface area contributed by atoms with Crippen molar-refractivity contribution in [2.24, 2.45) is 0 Å². The summed E-state index contributed by atoms with van der Waals surface area (Å²) < 4.78 is 6.77. The molecule has 9 aromatic rings. The van der Waals surface area contributed by atoms with Crippen molar-refractivity contribution in [1.82, 2.24) is 0 Å². The van der Waals surface area contributed by atoms with Crippen LogP contribution in [-0.2, 0) is 5.41 Å². The molecule has 2 heteroatoms. The Morgan fingerprint density at radius 3 is 1.84 bits per heavy atom. The monoisotopic (exact) mass is 653 g/mol. The van der Waals surface area contributed by atoms with E-state index in [2.05, 4.69) is 195 Å². The first-order valence-corrected chi connectivity index (χ1v) is 17.7. The molecule has 0 spiro atoms. The summed E-state index contributed by atoms with van der Waals surface area (Å²) in [4.78, 5) is 2.44. The molecule has 1 heterocycles. The van der Waals surface area contributed by atoms with Crippen molar-refractivity contribution in [3.05, 3.63) is 187 Å². The van der Waals surface area contributed by atoms with Crippen LogP contribution in [0.3, 0.4) is 0 Å². The fraction of sp³-hybridized carbons (Fsp3) is 0.0612. The van der Waals surface area contributed by atoms with Crippen LogP contribution >= 0.6 is 0 Å². The van der Waals surface area contributed by atoms with Crippen molar-refractivity contribution in [2.75, 3.05) is 4.90 Å². The molecule has 10 rings (SSSR count). The minimum Gasteiger partial charge on any atom is -0.455 e. The van der Waals surface area contributed by atoms with Crippen LogP contribution < -0.4 is 4.90 Å². The lowest BCUT2D eigenvalue weighted by molar-refractivity contribution is 0.660. The molecular weight excluding hydrogens is 619 g/mol. The summed E-state index contributed by atoms with van der Waals surface area (Å²) in [5.74, 6) is 0. The summed E-state index contributed by atoms with van der Waals surface area (Å²) in [6.07, 6.45) is 0. The molecule has 0 N–H and O–H groups in total. The van der Waals surface area contributed by atoms with Gasteiger partial charge in [0.05, 0.1) is 11.1 Å². The van der Waals surface area contributed by atoms with Crippen molar-refractivity contribution in [1.29, 1.82) is 0 Å². The Morgan fingerprint density at radius 2 is 1.06 bits per heavy atom. The molecule has 8 aromatic carbocycles. The van der Waals surface area contributed by atoms with E-state index in [-0.39, 0.29) is 5.41 Å². The van der Waals surface area contributed by atoms with Gasteiger partial charge in [0, 0.05) is 27.6 Å². The van der Waals surface area contributed by atoms with Gasteiger partial charge >= 0.3 is 0 Å². The highest BCUT2D eigenvalue weighted by Crippen LogP contribution is 2.52. The maximum Gasteiger partial charge on any atom is 0.145 e. The maximum absolute atomic E-state index is 6.77. The highest BCUT2D eigenvalue weighted by atomic mass is 16.3. The number of benzene rings is 8. The molecule has 242 valence electrons. The van der Waals surface area contributed by atoms with Gasteiger partial charge in [-0.1, -0.05) is 141 Å². The van der Waals surface area contributed by atoms with Crippen LogP contribution in [0, 0.1) is 0 Å². The van der Waals surface area contributed by atoms with Gasteiger partial charge in [-0.15, -0.1) is 0 Å². The zero-order valence-corrected chi connectivity index (χ0v) is 28.6. The number of furan rings is 1. The second kappa shape index (κ2) is 11.3. The molecule has 0 atom stereocenters. The summed E-state index contributed by atoms with van der Waals surface area (Å²) in [6, 6.07) is 63.6. The molecule has 0 unspecified atom stereocenters. The predicted molar refractivity (Wildman–Crippen MR) is 214 cm³/mol. The van der Waals surface area contributed by atoms with Gasteiger partial charge in [-0.3, -0.25) is 0 Å². The van der Waals surface area contributed by atoms with Crippen LogP contribution in [0.2, 0.25) is 0 Å². The van der Waals surface area contributed by atoms with E-state index in [0.717, 1.165) is 49.8 Å². The molecule has 0 bridgehead atoms. The second-order valence-corrected chi connectivity index (χ2v) is 14.1. The van der Waals surface area contributed by atoms with Gasteiger partial charge in [-0.2, -0.15) is 0 Å². The number of fused-ring (bicyclic) bond motifs is 8. The van der Waals surface area contributed by atoms with Gasteiger partial charge in [0.2, 0.25) is 0 Å². The Morgan fingerprint density at radius 1 is 0.451 bits per heavy atom. The smallest absolute Gasteiger partial charge is 0.145 e. The highest BCUT2D eigenvalue weighted by Gasteiger charge is 2.36. The molecule has 0 aliphatic heterocycles. The molecule has 1 aliphatic carbocycles. The molecule has 1 aromatic heterocycles. The Bertz CT molecular complexity index is 2760. The fourth-order valence-corrected chi connectivity index (χ4v) is 8.28. The highest BCUT2D eigenvalue weighted by molar-refractivity contribution is 6.22. The third-order valence-electron chi connectivity index (χ3n) is 10.8. The number of anilines is 3. The number of nitrogens with zero attached hydrogens (tertiary/aromatic N) is 1. The van der Waals surface area contributed by atoms with E-state index in [4.69, 9.17) is 4.42 Å². The molecule has 1 aliphatic rings. The van der Waals surface area contributed by atoms with Gasteiger partial charge in [0.1, 0.15) is 11.2 Å². The van der Waals surface area contributed by atoms with Crippen LogP contribution in [0.5, 0.6) is 0 Å². The lowest BCUT2D eigenvalue weighted by atomic mass is 9.82. The van der Waals surface area contributed by atoms with Crippen molar-refractivity contribution in [2.45, 2.75) is 19.3 Å². The number of rotatable bonds is 5. The van der Waals surface area contributed by atoms with Gasteiger partial charge in [-0.05, 0) is 98.4 Å². The number of hydrogen-bond acceptors (Lipinski definition) is 2. The Hall–Kier alpha value is -6.38. The fourth-order valence-electron chi connectivity index (χ4n) is 8.28. The molecule has 0 saturated carbocycles. The predicted octanol–water partition coefficient (Wildman–Crippen LogP) is 13.8. The summed E-state index contributed by atoms with van der Waals surface area (Å²) in [7, 11) is 0. The first-order valence-electron chi connectivity index (χ1n) is 17.7. The van der Waals surface area contributed by atoms with Gasteiger partial charge in [0.15, 0.2) is 0 Å². The lowest BCUT2D eigenvalue weighted by Gasteiger charge is -2.29. The van der Waals surface area contributed by atoms with E-state index in [9.17, 15) is 0 Å². The zero-order valence-electron chi connectivity index (χ0n) is 28.6. The Balaban J connectivity index is 1.26. The minimum atomic E-state index is -0.129. The van der Waals surface area contributed by atoms with E-state index in [1.807, 2.05) is 0 Å². The molecule has 0 fully saturated rings. The lowest BCUT2D eigenvalue weighted by Crippen LogP contribution is -2.16. The summed E-state index contributed by atoms with van der Waals surface area (Å²) in [6.45, 7) is 4.70. The molecule has 0 radical (unpaired) electrons. The van der Waals surface area contributed by atoms with Crippen LogP contribution in [0.15, 0.2) is 180 Å². The topological polar surface area (TPSA) is 16.4 Å². The van der Waals surface area contributed by atoms with Gasteiger partial charge in [-0.25, -0.2) is 0 Å². The van der Waals surface area contributed by atoms with Crippen LogP contribution in [0.1, 0.15) is 25.0 Å². The average molecular weight is 654 g/mol. The molecule has 2 nitrogen and oxygen atoms in total. The van der Waals surface area contributed by atoms with Crippen molar-refractivity contribution >= 4 is 49.8 Å². The standard InChI is InChI=1S/C49H35NO/c1-49(2)43-19-11-9-17-40(43)41-28-26-38(31-44(41)49)50(37-24-21-34(22-25-37)32-13-5-3-6-14-32)45-30-36-29-35(33-15-7-4-8-16-33)23-27-39(36)48-47(45)42-18-10-12-20-46(42)51-48/h3-31H,1-2H3. The van der Waals surface area contributed by atoms with Crippen molar-refractivity contribution < 1.29 is 4.42 Å². The van der Waals surface area contributed by atoms with Gasteiger partial charge < -0.3 is 9.32 Å². The second-order valence-electron chi connectivity index (χ2n) is 14.1. The number of hydrogen-bond donors (Lipinski definition) is 0. The van der Waals surface area contributed by atoms with Crippen LogP contribution in [-0.4, -0.2) is 0 Å². The summed E-state index contributed by atoms with van der Waals surface area (Å²) in [5, 5.41) is 4.46. The third kappa shape index (κ3) is 4.64. The quantitative estimate of drug-likeness (QED) is 0.184. The van der Waals surface area contributed by atoms with Crippen LogP contribution in [0.25, 0.3) is 66.1 Å². The molecule has 0 amide bonds. The summed E-state index contributed by atoms with van der Waals surface area (Å²) >= 11 is 0. The number of para-hydroxylation sites is 1. The minimum absolute atomic E-state index is 0.129. The van der Waals surface area contributed by atoms with Crippen molar-refractivity contribution in [3.63, 3.8) is 0 Å². The molecule has 51 heavy (non-hydrogen) atoms. The zero-order chi connectivity index (χ0) is 34.1. The molecular formula is C49H35NO. The van der Waals surface area contributed by atoms with Crippen molar-refractivity contribution in [3.8, 4) is 33.4 Å². The Labute approximate surface area is 297 Å². The normalized spacial score (nSPS) is 13.1. The van der Waals surface area contributed by atoms with E-state index in [1.165, 1.54) is 44.5 Å². The van der Waals surface area contributed by atoms with E-state index in [1.54, 1.807) is 0 Å². The van der Waals surface area contributed by atoms with E-state index >= 15 is 0 Å². The SMILES string of the molecule is CC1(C)c2ccccc2-c2ccc(N(c3ccc(-c4ccccc4)cc3)c3cc4cc(-c5ccccc5)ccc4c4oc5ccccc5c34)cc21. The largest absolute Gasteiger partial charge is 0.455 e. The third-order valence-corrected chi connectivity index (χ3v) is 10.8. The Kier molecular flexibility index (Phi) is 6.56. The maximum atomic E-state index is 6.77. The first-order chi connectivity index (χ1) is 25.0. The summed E-state index contributed by atoms with van der Waals surface area (Å²) in [5.41, 5.74) is 15.1. The van der Waals surface area contributed by atoms with Crippen LogP contribution in [0.4, 0.5) is 17.1 Å². The first kappa shape index (κ1) is 29.5. The molecule has 0 saturated heterocycles. The van der Waals surface area contributed by atoms with E-state index < -0.39 is 0 Å².